The molecule has 0 unspecified atom stereocenters. The molecule has 0 radical (unpaired) electrons. The highest BCUT2D eigenvalue weighted by atomic mass is 16.5. The first-order valence-corrected chi connectivity index (χ1v) is 9.44. The fourth-order valence-electron chi connectivity index (χ4n) is 3.84. The lowest BCUT2D eigenvalue weighted by atomic mass is 10.0. The molecule has 26 heavy (non-hydrogen) atoms. The van der Waals surface area contributed by atoms with E-state index in [0.29, 0.717) is 32.3 Å². The Labute approximate surface area is 153 Å². The topological polar surface area (TPSA) is 68.4 Å². The molecule has 2 fully saturated rings. The highest BCUT2D eigenvalue weighted by Crippen LogP contribution is 2.28. The number of piperidine rings is 1. The van der Waals surface area contributed by atoms with Crippen LogP contribution in [-0.4, -0.2) is 74.3 Å². The number of ether oxygens (including phenoxy) is 1. The van der Waals surface area contributed by atoms with Gasteiger partial charge in [0.1, 0.15) is 0 Å². The van der Waals surface area contributed by atoms with E-state index in [0.717, 1.165) is 44.1 Å². The van der Waals surface area contributed by atoms with Gasteiger partial charge < -0.3 is 23.7 Å². The van der Waals surface area contributed by atoms with Crippen LogP contribution in [-0.2, 0) is 11.3 Å². The summed E-state index contributed by atoms with van der Waals surface area (Å²) in [6.07, 6.45) is 9.56. The number of aromatic nitrogens is 4. The molecule has 0 bridgehead atoms. The lowest BCUT2D eigenvalue weighted by molar-refractivity contribution is 0.0403. The lowest BCUT2D eigenvalue weighted by Crippen LogP contribution is -2.50. The number of imidazole rings is 2. The number of carbonyl (C=O) groups is 1. The molecule has 2 saturated heterocycles. The number of aryl methyl sites for hydroxylation is 1. The fourth-order valence-corrected chi connectivity index (χ4v) is 3.84. The van der Waals surface area contributed by atoms with E-state index >= 15 is 0 Å². The predicted molar refractivity (Wildman–Crippen MR) is 96.8 cm³/mol. The molecule has 2 aromatic heterocycles. The number of nitrogens with zero attached hydrogens (tertiary/aromatic N) is 6. The van der Waals surface area contributed by atoms with E-state index in [1.54, 1.807) is 0 Å². The molecule has 0 atom stereocenters. The first kappa shape index (κ1) is 17.1. The van der Waals surface area contributed by atoms with E-state index in [4.69, 9.17) is 4.74 Å². The molecular formula is C18H26N6O2. The van der Waals surface area contributed by atoms with Crippen LogP contribution < -0.4 is 0 Å². The van der Waals surface area contributed by atoms with E-state index in [1.807, 2.05) is 34.6 Å². The maximum atomic E-state index is 12.6. The van der Waals surface area contributed by atoms with Crippen molar-refractivity contribution in [3.05, 3.63) is 24.8 Å². The summed E-state index contributed by atoms with van der Waals surface area (Å²) in [5, 5.41) is 0. The second-order valence-corrected chi connectivity index (χ2v) is 6.80. The molecule has 0 aromatic carbocycles. The summed E-state index contributed by atoms with van der Waals surface area (Å²) in [6.45, 7) is 7.22. The zero-order valence-electron chi connectivity index (χ0n) is 15.3. The Kier molecular flexibility index (Phi) is 4.92. The van der Waals surface area contributed by atoms with Crippen molar-refractivity contribution < 1.29 is 9.53 Å². The molecule has 4 rings (SSSR count). The van der Waals surface area contributed by atoms with Gasteiger partial charge in [-0.2, -0.15) is 0 Å². The van der Waals surface area contributed by atoms with Gasteiger partial charge in [-0.25, -0.2) is 14.8 Å². The number of hydrogen-bond donors (Lipinski definition) is 0. The van der Waals surface area contributed by atoms with Crippen LogP contribution in [0.15, 0.2) is 24.8 Å². The smallest absolute Gasteiger partial charge is 0.320 e. The molecule has 2 aromatic rings. The van der Waals surface area contributed by atoms with Crippen molar-refractivity contribution in [1.82, 2.24) is 28.9 Å². The van der Waals surface area contributed by atoms with E-state index < -0.39 is 0 Å². The van der Waals surface area contributed by atoms with Gasteiger partial charge in [-0.1, -0.05) is 0 Å². The van der Waals surface area contributed by atoms with E-state index in [-0.39, 0.29) is 6.03 Å². The van der Waals surface area contributed by atoms with Crippen LogP contribution in [0.4, 0.5) is 4.79 Å². The molecule has 2 aliphatic rings. The van der Waals surface area contributed by atoms with Crippen LogP contribution in [0, 0.1) is 0 Å². The van der Waals surface area contributed by atoms with E-state index in [9.17, 15) is 4.79 Å². The molecule has 2 amide bonds. The van der Waals surface area contributed by atoms with Crippen LogP contribution in [0.25, 0.3) is 11.6 Å². The first-order chi connectivity index (χ1) is 12.8. The molecule has 8 nitrogen and oxygen atoms in total. The van der Waals surface area contributed by atoms with Crippen molar-refractivity contribution in [2.75, 3.05) is 39.4 Å². The van der Waals surface area contributed by atoms with Crippen molar-refractivity contribution in [3.63, 3.8) is 0 Å². The minimum Gasteiger partial charge on any atom is -0.378 e. The molecule has 4 heterocycles. The van der Waals surface area contributed by atoms with E-state index in [1.165, 1.54) is 0 Å². The zero-order valence-corrected chi connectivity index (χ0v) is 15.3. The second-order valence-electron chi connectivity index (χ2n) is 6.80. The van der Waals surface area contributed by atoms with E-state index in [2.05, 4.69) is 26.0 Å². The molecule has 140 valence electrons. The minimum absolute atomic E-state index is 0.152. The number of rotatable bonds is 3. The van der Waals surface area contributed by atoms with Gasteiger partial charge in [0.2, 0.25) is 0 Å². The van der Waals surface area contributed by atoms with Crippen LogP contribution in [0.1, 0.15) is 25.8 Å². The fraction of sp³-hybridized carbons (Fsp3) is 0.611. The Morgan fingerprint density at radius 2 is 1.69 bits per heavy atom. The largest absolute Gasteiger partial charge is 0.378 e. The van der Waals surface area contributed by atoms with Crippen molar-refractivity contribution >= 4 is 6.03 Å². The number of hydrogen-bond acceptors (Lipinski definition) is 4. The van der Waals surface area contributed by atoms with Crippen LogP contribution in [0.2, 0.25) is 0 Å². The Balaban J connectivity index is 1.43. The molecule has 2 aliphatic heterocycles. The summed E-state index contributed by atoms with van der Waals surface area (Å²) in [4.78, 5) is 25.6. The second kappa shape index (κ2) is 7.49. The van der Waals surface area contributed by atoms with Crippen LogP contribution in [0.5, 0.6) is 0 Å². The van der Waals surface area contributed by atoms with Gasteiger partial charge in [-0.3, -0.25) is 0 Å². The Morgan fingerprint density at radius 3 is 2.42 bits per heavy atom. The number of likely N-dealkylation sites (tertiary alicyclic amines) is 1. The normalized spacial score (nSPS) is 19.1. The predicted octanol–water partition coefficient (Wildman–Crippen LogP) is 1.86. The monoisotopic (exact) mass is 358 g/mol. The SMILES string of the molecule is CCn1ccnc1-c1nccn1C1CCN(C(=O)N2CCOCC2)CC1. The quantitative estimate of drug-likeness (QED) is 0.840. The van der Waals surface area contributed by atoms with Crippen molar-refractivity contribution in [1.29, 1.82) is 0 Å². The van der Waals surface area contributed by atoms with Gasteiger partial charge in [0, 0.05) is 63.6 Å². The number of carbonyl (C=O) groups excluding carboxylic acids is 1. The number of urea groups is 1. The molecule has 8 heteroatoms. The van der Waals surface area contributed by atoms with Gasteiger partial charge in [-0.15, -0.1) is 0 Å². The van der Waals surface area contributed by atoms with Crippen molar-refractivity contribution in [3.8, 4) is 11.6 Å². The van der Waals surface area contributed by atoms with Crippen LogP contribution >= 0.6 is 0 Å². The van der Waals surface area contributed by atoms with Gasteiger partial charge in [0.15, 0.2) is 11.6 Å². The summed E-state index contributed by atoms with van der Waals surface area (Å²) in [6, 6.07) is 0.502. The third kappa shape index (κ3) is 3.21. The highest BCUT2D eigenvalue weighted by molar-refractivity contribution is 5.74. The van der Waals surface area contributed by atoms with Crippen molar-refractivity contribution in [2.45, 2.75) is 32.4 Å². The number of morpholine rings is 1. The van der Waals surface area contributed by atoms with Gasteiger partial charge in [-0.05, 0) is 19.8 Å². The third-order valence-corrected chi connectivity index (χ3v) is 5.33. The third-order valence-electron chi connectivity index (χ3n) is 5.33. The van der Waals surface area contributed by atoms with Gasteiger partial charge >= 0.3 is 6.03 Å². The average molecular weight is 358 g/mol. The zero-order chi connectivity index (χ0) is 17.9. The van der Waals surface area contributed by atoms with Gasteiger partial charge in [0.25, 0.3) is 0 Å². The first-order valence-electron chi connectivity index (χ1n) is 9.44. The summed E-state index contributed by atoms with van der Waals surface area (Å²) >= 11 is 0. The Hall–Kier alpha value is -2.35. The van der Waals surface area contributed by atoms with Crippen molar-refractivity contribution in [2.24, 2.45) is 0 Å². The van der Waals surface area contributed by atoms with Crippen LogP contribution in [0.3, 0.4) is 0 Å². The standard InChI is InChI=1S/C18H26N6O2/c1-2-21-9-5-19-16(21)17-20-6-10-24(17)15-3-7-22(8-4-15)18(25)23-11-13-26-14-12-23/h5-6,9-10,15H,2-4,7-8,11-14H2,1H3. The Bertz CT molecular complexity index is 740. The number of amides is 2. The molecule has 0 spiro atoms. The summed E-state index contributed by atoms with van der Waals surface area (Å²) in [5.41, 5.74) is 0. The summed E-state index contributed by atoms with van der Waals surface area (Å²) in [5.74, 6) is 1.82. The highest BCUT2D eigenvalue weighted by Gasteiger charge is 2.29. The summed E-state index contributed by atoms with van der Waals surface area (Å²) in [7, 11) is 0. The maximum Gasteiger partial charge on any atom is 0.320 e. The summed E-state index contributed by atoms with van der Waals surface area (Å²) < 4.78 is 9.67. The molecular weight excluding hydrogens is 332 g/mol. The molecule has 0 saturated carbocycles. The minimum atomic E-state index is 0.152. The van der Waals surface area contributed by atoms with Gasteiger partial charge in [0.05, 0.1) is 13.2 Å². The Morgan fingerprint density at radius 1 is 1.04 bits per heavy atom. The molecule has 0 aliphatic carbocycles. The maximum absolute atomic E-state index is 12.6. The molecule has 0 N–H and O–H groups in total. The average Bonchev–Trinajstić information content (AvgIpc) is 3.37. The lowest BCUT2D eigenvalue weighted by Gasteiger charge is -2.37.